The van der Waals surface area contributed by atoms with Gasteiger partial charge in [0, 0.05) is 37.1 Å². The van der Waals surface area contributed by atoms with E-state index in [2.05, 4.69) is 15.5 Å². The van der Waals surface area contributed by atoms with Crippen LogP contribution in [0.1, 0.15) is 16.8 Å². The summed E-state index contributed by atoms with van der Waals surface area (Å²) >= 11 is 0. The molecule has 1 heterocycles. The van der Waals surface area contributed by atoms with Crippen molar-refractivity contribution in [2.24, 2.45) is 0 Å². The van der Waals surface area contributed by atoms with Crippen LogP contribution in [0.2, 0.25) is 0 Å². The number of nitrogens with zero attached hydrogens (tertiary/aromatic N) is 1. The topological polar surface area (TPSA) is 97.0 Å². The number of esters is 1. The minimum Gasteiger partial charge on any atom is -0.456 e. The van der Waals surface area contributed by atoms with Crippen LogP contribution in [-0.4, -0.2) is 57.2 Å². The average Bonchev–Trinajstić information content (AvgIpc) is 2.78. The molecular formula is C22H23F2N3O5. The molecule has 0 unspecified atom stereocenters. The Morgan fingerprint density at radius 3 is 2.44 bits per heavy atom. The summed E-state index contributed by atoms with van der Waals surface area (Å²) in [6.07, 6.45) is -0.212. The number of rotatable bonds is 8. The molecule has 0 aromatic heterocycles. The van der Waals surface area contributed by atoms with Crippen molar-refractivity contribution in [3.05, 3.63) is 59.7 Å². The Balaban J connectivity index is 1.35. The van der Waals surface area contributed by atoms with Gasteiger partial charge in [-0.1, -0.05) is 0 Å². The molecule has 170 valence electrons. The van der Waals surface area contributed by atoms with E-state index in [1.54, 1.807) is 12.1 Å². The number of anilines is 2. The number of halogens is 2. The maximum absolute atomic E-state index is 13.5. The van der Waals surface area contributed by atoms with Crippen LogP contribution in [0.25, 0.3) is 0 Å². The lowest BCUT2D eigenvalue weighted by molar-refractivity contribution is -0.147. The third-order valence-electron chi connectivity index (χ3n) is 4.68. The molecular weight excluding hydrogens is 424 g/mol. The largest absolute Gasteiger partial charge is 0.456 e. The number of carbonyl (C=O) groups excluding carboxylic acids is 3. The van der Waals surface area contributed by atoms with Gasteiger partial charge >= 0.3 is 5.97 Å². The molecule has 2 aromatic rings. The van der Waals surface area contributed by atoms with Gasteiger partial charge in [-0.3, -0.25) is 14.4 Å². The van der Waals surface area contributed by atoms with Gasteiger partial charge in [-0.05, 0) is 36.4 Å². The van der Waals surface area contributed by atoms with Crippen molar-refractivity contribution in [3.63, 3.8) is 0 Å². The van der Waals surface area contributed by atoms with E-state index in [1.165, 1.54) is 0 Å². The molecule has 1 fully saturated rings. The van der Waals surface area contributed by atoms with Crippen LogP contribution in [0.5, 0.6) is 0 Å². The summed E-state index contributed by atoms with van der Waals surface area (Å²) < 4.78 is 36.6. The van der Waals surface area contributed by atoms with E-state index in [-0.39, 0.29) is 18.5 Å². The number of nitrogens with one attached hydrogen (secondary N) is 2. The summed E-state index contributed by atoms with van der Waals surface area (Å²) in [6, 6.07) is 9.86. The summed E-state index contributed by atoms with van der Waals surface area (Å²) in [5.41, 5.74) is 1.26. The minimum atomic E-state index is -1.00. The average molecular weight is 447 g/mol. The third kappa shape index (κ3) is 6.74. The second-order valence-electron chi connectivity index (χ2n) is 6.99. The van der Waals surface area contributed by atoms with Gasteiger partial charge in [0.2, 0.25) is 0 Å². The Hall–Kier alpha value is -3.53. The number of benzene rings is 2. The van der Waals surface area contributed by atoms with Gasteiger partial charge in [0.25, 0.3) is 11.8 Å². The second-order valence-corrected chi connectivity index (χ2v) is 6.99. The van der Waals surface area contributed by atoms with E-state index in [9.17, 15) is 23.2 Å². The molecule has 0 radical (unpaired) electrons. The maximum Gasteiger partial charge on any atom is 0.308 e. The van der Waals surface area contributed by atoms with Gasteiger partial charge in [-0.2, -0.15) is 0 Å². The molecule has 0 saturated carbocycles. The maximum atomic E-state index is 13.5. The molecule has 2 amide bonds. The van der Waals surface area contributed by atoms with Gasteiger partial charge in [0.15, 0.2) is 6.61 Å². The predicted octanol–water partition coefficient (Wildman–Crippen LogP) is 2.10. The quantitative estimate of drug-likeness (QED) is 0.602. The summed E-state index contributed by atoms with van der Waals surface area (Å²) in [4.78, 5) is 37.8. The molecule has 0 atom stereocenters. The minimum absolute atomic E-state index is 0.126. The van der Waals surface area contributed by atoms with Crippen molar-refractivity contribution >= 4 is 29.2 Å². The number of amides is 2. The highest BCUT2D eigenvalue weighted by atomic mass is 19.1. The van der Waals surface area contributed by atoms with Crippen molar-refractivity contribution in [2.75, 3.05) is 49.7 Å². The smallest absolute Gasteiger partial charge is 0.308 e. The lowest BCUT2D eigenvalue weighted by Crippen LogP contribution is -2.36. The first-order valence-electron chi connectivity index (χ1n) is 10.0. The molecule has 2 N–H and O–H groups in total. The summed E-state index contributed by atoms with van der Waals surface area (Å²) in [6.45, 7) is 2.36. The Morgan fingerprint density at radius 1 is 1.03 bits per heavy atom. The SMILES string of the molecule is O=C(COC(=O)CCNC(=O)c1ccc(F)cc1F)Nc1ccc(N2CCOCC2)cc1. The van der Waals surface area contributed by atoms with Crippen molar-refractivity contribution < 1.29 is 32.6 Å². The molecule has 0 bridgehead atoms. The van der Waals surface area contributed by atoms with Crippen LogP contribution in [0.3, 0.4) is 0 Å². The van der Waals surface area contributed by atoms with Gasteiger partial charge in [-0.25, -0.2) is 8.78 Å². The first-order valence-corrected chi connectivity index (χ1v) is 10.0. The van der Waals surface area contributed by atoms with Crippen molar-refractivity contribution in [1.82, 2.24) is 5.32 Å². The lowest BCUT2D eigenvalue weighted by atomic mass is 10.2. The van der Waals surface area contributed by atoms with Crippen molar-refractivity contribution in [2.45, 2.75) is 6.42 Å². The molecule has 3 rings (SSSR count). The fourth-order valence-corrected chi connectivity index (χ4v) is 3.04. The number of morpholine rings is 1. The van der Waals surface area contributed by atoms with Gasteiger partial charge < -0.3 is 25.0 Å². The normalized spacial score (nSPS) is 13.4. The number of hydrogen-bond acceptors (Lipinski definition) is 6. The predicted molar refractivity (Wildman–Crippen MR) is 112 cm³/mol. The summed E-state index contributed by atoms with van der Waals surface area (Å²) in [7, 11) is 0. The molecule has 1 saturated heterocycles. The van der Waals surface area contributed by atoms with E-state index in [1.807, 2.05) is 12.1 Å². The highest BCUT2D eigenvalue weighted by Gasteiger charge is 2.14. The standard InChI is InChI=1S/C22H23F2N3O5/c23-15-1-6-18(19(24)13-15)22(30)25-8-7-21(29)32-14-20(28)26-16-2-4-17(5-3-16)27-9-11-31-12-10-27/h1-6,13H,7-12,14H2,(H,25,30)(H,26,28). The Bertz CT molecular complexity index is 963. The fourth-order valence-electron chi connectivity index (χ4n) is 3.04. The molecule has 0 spiro atoms. The fraction of sp³-hybridized carbons (Fsp3) is 0.318. The molecule has 10 heteroatoms. The van der Waals surface area contributed by atoms with E-state index >= 15 is 0 Å². The number of ether oxygens (including phenoxy) is 2. The zero-order chi connectivity index (χ0) is 22.9. The molecule has 2 aromatic carbocycles. The summed E-state index contributed by atoms with van der Waals surface area (Å²) in [5, 5.41) is 4.97. The van der Waals surface area contributed by atoms with Crippen LogP contribution < -0.4 is 15.5 Å². The van der Waals surface area contributed by atoms with Crippen LogP contribution in [0.15, 0.2) is 42.5 Å². The van der Waals surface area contributed by atoms with Crippen molar-refractivity contribution in [1.29, 1.82) is 0 Å². The van der Waals surface area contributed by atoms with Crippen LogP contribution >= 0.6 is 0 Å². The van der Waals surface area contributed by atoms with Gasteiger partial charge in [0.1, 0.15) is 11.6 Å². The van der Waals surface area contributed by atoms with Crippen LogP contribution in [0, 0.1) is 11.6 Å². The monoisotopic (exact) mass is 447 g/mol. The van der Waals surface area contributed by atoms with Crippen molar-refractivity contribution in [3.8, 4) is 0 Å². The zero-order valence-corrected chi connectivity index (χ0v) is 17.2. The molecule has 8 nitrogen and oxygen atoms in total. The highest BCUT2D eigenvalue weighted by Crippen LogP contribution is 2.19. The third-order valence-corrected chi connectivity index (χ3v) is 4.68. The summed E-state index contributed by atoms with van der Waals surface area (Å²) in [5.74, 6) is -3.79. The lowest BCUT2D eigenvalue weighted by Gasteiger charge is -2.28. The zero-order valence-electron chi connectivity index (χ0n) is 17.2. The van der Waals surface area contributed by atoms with Crippen LogP contribution in [0.4, 0.5) is 20.2 Å². The molecule has 0 aliphatic carbocycles. The Kier molecular flexibility index (Phi) is 8.09. The number of hydrogen-bond donors (Lipinski definition) is 2. The molecule has 1 aliphatic rings. The van der Waals surface area contributed by atoms with E-state index in [0.29, 0.717) is 25.0 Å². The molecule has 1 aliphatic heterocycles. The highest BCUT2D eigenvalue weighted by molar-refractivity contribution is 5.95. The van der Waals surface area contributed by atoms with E-state index in [4.69, 9.17) is 9.47 Å². The molecule has 32 heavy (non-hydrogen) atoms. The number of carbonyl (C=O) groups is 3. The van der Waals surface area contributed by atoms with Gasteiger partial charge in [0.05, 0.1) is 25.2 Å². The second kappa shape index (κ2) is 11.2. The Labute approximate surface area is 183 Å². The van der Waals surface area contributed by atoms with E-state index < -0.39 is 36.0 Å². The first-order chi connectivity index (χ1) is 15.4. The first kappa shape index (κ1) is 23.1. The van der Waals surface area contributed by atoms with Crippen LogP contribution in [-0.2, 0) is 19.1 Å². The van der Waals surface area contributed by atoms with Gasteiger partial charge in [-0.15, -0.1) is 0 Å². The van der Waals surface area contributed by atoms with E-state index in [0.717, 1.165) is 30.9 Å². The Morgan fingerprint density at radius 2 is 1.75 bits per heavy atom.